The summed E-state index contributed by atoms with van der Waals surface area (Å²) >= 11 is 2.06. The van der Waals surface area contributed by atoms with Gasteiger partial charge in [-0.1, -0.05) is 31.4 Å². The van der Waals surface area contributed by atoms with Crippen molar-refractivity contribution in [3.8, 4) is 0 Å². The number of benzene rings is 1. The highest BCUT2D eigenvalue weighted by Gasteiger charge is 2.37. The first-order valence-corrected chi connectivity index (χ1v) is 9.49. The van der Waals surface area contributed by atoms with Crippen LogP contribution in [0.25, 0.3) is 0 Å². The van der Waals surface area contributed by atoms with Crippen molar-refractivity contribution in [2.24, 2.45) is 11.7 Å². The summed E-state index contributed by atoms with van der Waals surface area (Å²) in [6.45, 7) is 0. The second-order valence-electron chi connectivity index (χ2n) is 6.73. The Kier molecular flexibility index (Phi) is 4.75. The SMILES string of the molecule is NC1(P)CC(c2cccc(SCC3CCCCC3)c2)C1. The van der Waals surface area contributed by atoms with Crippen LogP contribution in [0.3, 0.4) is 0 Å². The fourth-order valence-corrected chi connectivity index (χ4v) is 5.24. The standard InChI is InChI=1S/C17H26NPS/c18-17(19)10-15(11-17)14-7-4-8-16(9-14)20-12-13-5-2-1-3-6-13/h4,7-9,13,15H,1-3,5-6,10-12,18-19H2. The molecule has 3 heteroatoms. The van der Waals surface area contributed by atoms with E-state index >= 15 is 0 Å². The first-order valence-electron chi connectivity index (χ1n) is 7.93. The Morgan fingerprint density at radius 1 is 1.20 bits per heavy atom. The Bertz CT molecular complexity index is 446. The van der Waals surface area contributed by atoms with Gasteiger partial charge in [-0.15, -0.1) is 21.0 Å². The molecule has 1 aromatic rings. The number of hydrogen-bond acceptors (Lipinski definition) is 2. The quantitative estimate of drug-likeness (QED) is 0.640. The van der Waals surface area contributed by atoms with Crippen LogP contribution in [0.1, 0.15) is 56.4 Å². The normalized spacial score (nSPS) is 31.0. The summed E-state index contributed by atoms with van der Waals surface area (Å²) in [5.41, 5.74) is 7.59. The minimum atomic E-state index is -0.00406. The maximum Gasteiger partial charge on any atom is 0.0309 e. The summed E-state index contributed by atoms with van der Waals surface area (Å²) < 4.78 is 0. The van der Waals surface area contributed by atoms with Crippen LogP contribution in [0.5, 0.6) is 0 Å². The number of rotatable bonds is 4. The summed E-state index contributed by atoms with van der Waals surface area (Å²) in [4.78, 5) is 1.45. The lowest BCUT2D eigenvalue weighted by Crippen LogP contribution is -2.44. The van der Waals surface area contributed by atoms with Crippen LogP contribution in [0.4, 0.5) is 0 Å². The first-order chi connectivity index (χ1) is 9.62. The summed E-state index contributed by atoms with van der Waals surface area (Å²) in [5, 5.41) is -0.00406. The van der Waals surface area contributed by atoms with Gasteiger partial charge in [0.2, 0.25) is 0 Å². The largest absolute Gasteiger partial charge is 0.322 e. The van der Waals surface area contributed by atoms with Gasteiger partial charge in [0.25, 0.3) is 0 Å². The Balaban J connectivity index is 1.54. The van der Waals surface area contributed by atoms with Gasteiger partial charge < -0.3 is 5.73 Å². The molecule has 2 saturated carbocycles. The zero-order valence-electron chi connectivity index (χ0n) is 12.2. The smallest absolute Gasteiger partial charge is 0.0309 e. The highest BCUT2D eigenvalue weighted by Crippen LogP contribution is 2.47. The number of hydrogen-bond donors (Lipinski definition) is 1. The molecule has 0 bridgehead atoms. The third-order valence-electron chi connectivity index (χ3n) is 4.79. The van der Waals surface area contributed by atoms with E-state index in [9.17, 15) is 0 Å². The van der Waals surface area contributed by atoms with E-state index in [1.165, 1.54) is 48.3 Å². The van der Waals surface area contributed by atoms with E-state index in [4.69, 9.17) is 5.73 Å². The molecule has 3 rings (SSSR count). The second kappa shape index (κ2) is 6.38. The Labute approximate surface area is 129 Å². The van der Waals surface area contributed by atoms with Crippen LogP contribution in [0, 0.1) is 5.92 Å². The van der Waals surface area contributed by atoms with Crippen LogP contribution >= 0.6 is 21.0 Å². The van der Waals surface area contributed by atoms with Crippen molar-refractivity contribution >= 4 is 21.0 Å². The molecule has 20 heavy (non-hydrogen) atoms. The van der Waals surface area contributed by atoms with Crippen LogP contribution in [0.2, 0.25) is 0 Å². The molecule has 0 saturated heterocycles. The predicted molar refractivity (Wildman–Crippen MR) is 92.3 cm³/mol. The Morgan fingerprint density at radius 2 is 1.95 bits per heavy atom. The van der Waals surface area contributed by atoms with E-state index in [0.717, 1.165) is 18.8 Å². The fraction of sp³-hybridized carbons (Fsp3) is 0.647. The Morgan fingerprint density at radius 3 is 2.65 bits per heavy atom. The monoisotopic (exact) mass is 307 g/mol. The predicted octanol–water partition coefficient (Wildman–Crippen LogP) is 4.77. The average Bonchev–Trinajstić information content (AvgIpc) is 2.44. The maximum absolute atomic E-state index is 6.10. The molecule has 0 aromatic heterocycles. The number of thioether (sulfide) groups is 1. The molecule has 0 spiro atoms. The van der Waals surface area contributed by atoms with Gasteiger partial charge in [0.05, 0.1) is 0 Å². The number of nitrogens with two attached hydrogens (primary N) is 1. The zero-order valence-corrected chi connectivity index (χ0v) is 14.2. The molecule has 2 aliphatic rings. The summed E-state index contributed by atoms with van der Waals surface area (Å²) in [7, 11) is 2.80. The summed E-state index contributed by atoms with van der Waals surface area (Å²) in [5.74, 6) is 2.93. The van der Waals surface area contributed by atoms with E-state index in [0.29, 0.717) is 5.92 Å². The van der Waals surface area contributed by atoms with Crippen molar-refractivity contribution in [1.82, 2.24) is 0 Å². The van der Waals surface area contributed by atoms with Gasteiger partial charge in [0, 0.05) is 15.9 Å². The lowest BCUT2D eigenvalue weighted by Gasteiger charge is -2.42. The third-order valence-corrected chi connectivity index (χ3v) is 6.49. The highest BCUT2D eigenvalue weighted by molar-refractivity contribution is 7.99. The van der Waals surface area contributed by atoms with Gasteiger partial charge in [0.15, 0.2) is 0 Å². The van der Waals surface area contributed by atoms with E-state index in [1.807, 2.05) is 0 Å². The topological polar surface area (TPSA) is 26.0 Å². The molecule has 1 aromatic carbocycles. The van der Waals surface area contributed by atoms with Crippen molar-refractivity contribution in [3.05, 3.63) is 29.8 Å². The van der Waals surface area contributed by atoms with E-state index in [2.05, 4.69) is 45.3 Å². The van der Waals surface area contributed by atoms with Crippen molar-refractivity contribution in [2.75, 3.05) is 5.75 Å². The van der Waals surface area contributed by atoms with Gasteiger partial charge in [-0.25, -0.2) is 0 Å². The second-order valence-corrected chi connectivity index (χ2v) is 8.97. The van der Waals surface area contributed by atoms with Crippen molar-refractivity contribution in [3.63, 3.8) is 0 Å². The first kappa shape index (κ1) is 14.9. The van der Waals surface area contributed by atoms with Gasteiger partial charge >= 0.3 is 0 Å². The van der Waals surface area contributed by atoms with Crippen molar-refractivity contribution in [1.29, 1.82) is 0 Å². The molecule has 2 N–H and O–H groups in total. The molecular formula is C17H26NPS. The van der Waals surface area contributed by atoms with Crippen molar-refractivity contribution < 1.29 is 0 Å². The van der Waals surface area contributed by atoms with Gasteiger partial charge in [0.1, 0.15) is 0 Å². The molecule has 0 amide bonds. The van der Waals surface area contributed by atoms with Crippen molar-refractivity contribution in [2.45, 2.75) is 61.0 Å². The lowest BCUT2D eigenvalue weighted by molar-refractivity contribution is 0.313. The van der Waals surface area contributed by atoms with E-state index in [-0.39, 0.29) is 5.28 Å². The van der Waals surface area contributed by atoms with E-state index < -0.39 is 0 Å². The minimum Gasteiger partial charge on any atom is -0.322 e. The fourth-order valence-electron chi connectivity index (χ4n) is 3.52. The molecule has 0 aliphatic heterocycles. The molecular weight excluding hydrogens is 281 g/mol. The molecule has 1 nitrogen and oxygen atoms in total. The third kappa shape index (κ3) is 3.78. The van der Waals surface area contributed by atoms with Crippen LogP contribution in [0.15, 0.2) is 29.2 Å². The van der Waals surface area contributed by atoms with Crippen LogP contribution < -0.4 is 5.73 Å². The molecule has 1 atom stereocenters. The molecule has 0 heterocycles. The minimum absolute atomic E-state index is 0.00406. The highest BCUT2D eigenvalue weighted by atomic mass is 32.2. The maximum atomic E-state index is 6.10. The summed E-state index contributed by atoms with van der Waals surface area (Å²) in [6, 6.07) is 9.16. The van der Waals surface area contributed by atoms with Crippen LogP contribution in [-0.2, 0) is 0 Å². The molecule has 110 valence electrons. The van der Waals surface area contributed by atoms with Gasteiger partial charge in [-0.3, -0.25) is 0 Å². The van der Waals surface area contributed by atoms with E-state index in [1.54, 1.807) is 0 Å². The van der Waals surface area contributed by atoms with Gasteiger partial charge in [-0.2, -0.15) is 0 Å². The van der Waals surface area contributed by atoms with Crippen LogP contribution in [-0.4, -0.2) is 11.0 Å². The molecule has 0 radical (unpaired) electrons. The molecule has 1 unspecified atom stereocenters. The molecule has 2 fully saturated rings. The zero-order chi connectivity index (χ0) is 14.0. The van der Waals surface area contributed by atoms with Gasteiger partial charge in [-0.05, 0) is 55.2 Å². The lowest BCUT2D eigenvalue weighted by atomic mass is 9.76. The molecule has 2 aliphatic carbocycles. The Hall–Kier alpha value is -0.0400. The summed E-state index contributed by atoms with van der Waals surface area (Å²) in [6.07, 6.45) is 9.44. The average molecular weight is 307 g/mol.